The third kappa shape index (κ3) is 5.90. The Balaban J connectivity index is 1.64. The van der Waals surface area contributed by atoms with Gasteiger partial charge in [0.05, 0.1) is 0 Å². The quantitative estimate of drug-likeness (QED) is 0.423. The maximum Gasteiger partial charge on any atom is 0.351 e. The number of rotatable bonds is 10. The number of allylic oxidation sites excluding steroid dienone is 1. The number of Topliss-reactive ketones (excluding diaryl/α,β-unsaturated/α-hetero) is 1. The molecule has 7 heteroatoms. The Labute approximate surface area is 179 Å². The van der Waals surface area contributed by atoms with E-state index in [0.717, 1.165) is 37.7 Å². The molecule has 31 heavy (non-hydrogen) atoms. The van der Waals surface area contributed by atoms with E-state index in [4.69, 9.17) is 14.6 Å². The Morgan fingerprint density at radius 3 is 2.58 bits per heavy atom. The lowest BCUT2D eigenvalue weighted by Crippen LogP contribution is -2.13. The minimum absolute atomic E-state index is 0.00665. The highest BCUT2D eigenvalue weighted by molar-refractivity contribution is 5.92. The molecule has 0 spiro atoms. The van der Waals surface area contributed by atoms with Crippen LogP contribution in [0.4, 0.5) is 0 Å². The lowest BCUT2D eigenvalue weighted by Gasteiger charge is -2.14. The van der Waals surface area contributed by atoms with Crippen molar-refractivity contribution >= 4 is 34.8 Å². The second kappa shape index (κ2) is 10.2. The summed E-state index contributed by atoms with van der Waals surface area (Å²) < 4.78 is 5.07. The zero-order valence-corrected chi connectivity index (χ0v) is 17.2. The van der Waals surface area contributed by atoms with Gasteiger partial charge in [0.1, 0.15) is 16.9 Å². The Bertz CT molecular complexity index is 1060. The molecule has 2 unspecified atom stereocenters. The molecule has 0 amide bonds. The topological polar surface area (TPSA) is 122 Å². The molecule has 1 heterocycles. The first-order chi connectivity index (χ1) is 14.8. The second-order valence-electron chi connectivity index (χ2n) is 8.03. The molecule has 1 aromatic heterocycles. The summed E-state index contributed by atoms with van der Waals surface area (Å²) in [6.45, 7) is 0. The highest BCUT2D eigenvalue weighted by atomic mass is 16.4. The van der Waals surface area contributed by atoms with Gasteiger partial charge in [0.2, 0.25) is 0 Å². The van der Waals surface area contributed by atoms with Gasteiger partial charge in [0.15, 0.2) is 0 Å². The molecule has 2 aromatic rings. The van der Waals surface area contributed by atoms with Crippen molar-refractivity contribution in [2.24, 2.45) is 11.8 Å². The molecular formula is C24H26O7. The van der Waals surface area contributed by atoms with Crippen molar-refractivity contribution in [2.75, 3.05) is 0 Å². The highest BCUT2D eigenvalue weighted by Crippen LogP contribution is 2.34. The standard InChI is InChI=1S/C24H26O7/c25-20-11-10-16(18(20)5-3-1-2-4-6-22(26)27)9-7-15-8-12-21-17(13-15)14-19(23(28)29)24(30)31-21/h7-9,12-14,16,18H,1-6,10-11H2,(H,26,27)(H,28,29)/b9-7+. The summed E-state index contributed by atoms with van der Waals surface area (Å²) in [6.07, 6.45) is 9.72. The molecule has 0 aliphatic heterocycles. The van der Waals surface area contributed by atoms with Gasteiger partial charge in [-0.3, -0.25) is 9.59 Å². The average molecular weight is 426 g/mol. The zero-order valence-electron chi connectivity index (χ0n) is 17.2. The number of carboxylic acids is 2. The summed E-state index contributed by atoms with van der Waals surface area (Å²) in [5.41, 5.74) is -0.120. The number of benzene rings is 1. The molecule has 2 N–H and O–H groups in total. The molecule has 3 rings (SSSR count). The first-order valence-electron chi connectivity index (χ1n) is 10.6. The van der Waals surface area contributed by atoms with Crippen molar-refractivity contribution < 1.29 is 29.0 Å². The third-order valence-corrected chi connectivity index (χ3v) is 5.83. The van der Waals surface area contributed by atoms with Crippen LogP contribution in [-0.2, 0) is 9.59 Å². The molecule has 0 bridgehead atoms. The number of carbonyl (C=O) groups excluding carboxylic acids is 1. The number of hydrogen-bond acceptors (Lipinski definition) is 5. The van der Waals surface area contributed by atoms with Gasteiger partial charge in [0, 0.05) is 24.1 Å². The first kappa shape index (κ1) is 22.5. The van der Waals surface area contributed by atoms with Crippen LogP contribution in [0, 0.1) is 11.8 Å². The molecule has 1 aromatic carbocycles. The van der Waals surface area contributed by atoms with E-state index in [0.29, 0.717) is 23.8 Å². The molecule has 1 saturated carbocycles. The van der Waals surface area contributed by atoms with Gasteiger partial charge in [-0.05, 0) is 48.9 Å². The number of aliphatic carboxylic acids is 1. The van der Waals surface area contributed by atoms with E-state index >= 15 is 0 Å². The van der Waals surface area contributed by atoms with Gasteiger partial charge in [-0.2, -0.15) is 0 Å². The fourth-order valence-electron chi connectivity index (χ4n) is 4.16. The first-order valence-corrected chi connectivity index (χ1v) is 10.6. The number of aromatic carboxylic acids is 1. The summed E-state index contributed by atoms with van der Waals surface area (Å²) in [6, 6.07) is 6.50. The fraction of sp³-hybridized carbons (Fsp3) is 0.417. The smallest absolute Gasteiger partial charge is 0.351 e. The Morgan fingerprint density at radius 1 is 1.06 bits per heavy atom. The van der Waals surface area contributed by atoms with Gasteiger partial charge < -0.3 is 14.6 Å². The third-order valence-electron chi connectivity index (χ3n) is 5.83. The second-order valence-corrected chi connectivity index (χ2v) is 8.03. The Morgan fingerprint density at radius 2 is 1.84 bits per heavy atom. The predicted molar refractivity (Wildman–Crippen MR) is 115 cm³/mol. The normalized spacial score (nSPS) is 18.8. The van der Waals surface area contributed by atoms with Crippen LogP contribution >= 0.6 is 0 Å². The van der Waals surface area contributed by atoms with Crippen molar-refractivity contribution in [2.45, 2.75) is 51.4 Å². The molecule has 164 valence electrons. The summed E-state index contributed by atoms with van der Waals surface area (Å²) >= 11 is 0. The number of fused-ring (bicyclic) bond motifs is 1. The van der Waals surface area contributed by atoms with E-state index in [1.165, 1.54) is 6.07 Å². The number of hydrogen-bond donors (Lipinski definition) is 2. The lowest BCUT2D eigenvalue weighted by molar-refractivity contribution is -0.137. The van der Waals surface area contributed by atoms with E-state index in [1.807, 2.05) is 12.2 Å². The molecule has 1 fully saturated rings. The molecule has 1 aliphatic carbocycles. The van der Waals surface area contributed by atoms with E-state index < -0.39 is 23.1 Å². The Hall–Kier alpha value is -3.22. The summed E-state index contributed by atoms with van der Waals surface area (Å²) in [5, 5.41) is 18.3. The molecular weight excluding hydrogens is 400 g/mol. The van der Waals surface area contributed by atoms with Gasteiger partial charge >= 0.3 is 17.6 Å². The van der Waals surface area contributed by atoms with Gasteiger partial charge in [-0.1, -0.05) is 37.5 Å². The monoisotopic (exact) mass is 426 g/mol. The van der Waals surface area contributed by atoms with E-state index in [1.54, 1.807) is 18.2 Å². The van der Waals surface area contributed by atoms with Crippen molar-refractivity contribution in [1.82, 2.24) is 0 Å². The summed E-state index contributed by atoms with van der Waals surface area (Å²) in [4.78, 5) is 45.7. The SMILES string of the molecule is O=C(O)CCCCCCC1C(=O)CCC1/C=C/c1ccc2oc(=O)c(C(=O)O)cc2c1. The van der Waals surface area contributed by atoms with E-state index in [-0.39, 0.29) is 24.0 Å². The minimum atomic E-state index is -1.33. The lowest BCUT2D eigenvalue weighted by atomic mass is 9.89. The van der Waals surface area contributed by atoms with Gasteiger partial charge in [0.25, 0.3) is 0 Å². The molecule has 7 nitrogen and oxygen atoms in total. The molecule has 0 radical (unpaired) electrons. The number of carboxylic acid groups (broad SMARTS) is 2. The van der Waals surface area contributed by atoms with Gasteiger partial charge in [-0.25, -0.2) is 9.59 Å². The van der Waals surface area contributed by atoms with Crippen LogP contribution in [0.1, 0.15) is 67.3 Å². The molecule has 0 saturated heterocycles. The largest absolute Gasteiger partial charge is 0.481 e. The van der Waals surface area contributed by atoms with Crippen LogP contribution in [0.3, 0.4) is 0 Å². The van der Waals surface area contributed by atoms with Crippen LogP contribution in [0.15, 0.2) is 39.6 Å². The van der Waals surface area contributed by atoms with Crippen molar-refractivity contribution in [3.8, 4) is 0 Å². The fourth-order valence-corrected chi connectivity index (χ4v) is 4.16. The van der Waals surface area contributed by atoms with Gasteiger partial charge in [-0.15, -0.1) is 0 Å². The number of carbonyl (C=O) groups is 3. The predicted octanol–water partition coefficient (Wildman–Crippen LogP) is 4.52. The van der Waals surface area contributed by atoms with Crippen LogP contribution in [0.2, 0.25) is 0 Å². The van der Waals surface area contributed by atoms with Crippen LogP contribution in [0.25, 0.3) is 17.0 Å². The van der Waals surface area contributed by atoms with Crippen molar-refractivity contribution in [1.29, 1.82) is 0 Å². The maximum atomic E-state index is 12.3. The number of unbranched alkanes of at least 4 members (excludes halogenated alkanes) is 3. The van der Waals surface area contributed by atoms with Crippen LogP contribution < -0.4 is 5.63 Å². The van der Waals surface area contributed by atoms with E-state index in [2.05, 4.69) is 0 Å². The van der Waals surface area contributed by atoms with Crippen LogP contribution in [0.5, 0.6) is 0 Å². The molecule has 2 atom stereocenters. The average Bonchev–Trinajstić information content (AvgIpc) is 3.07. The summed E-state index contributed by atoms with van der Waals surface area (Å²) in [5.74, 6) is -1.66. The highest BCUT2D eigenvalue weighted by Gasteiger charge is 2.32. The minimum Gasteiger partial charge on any atom is -0.481 e. The van der Waals surface area contributed by atoms with Crippen molar-refractivity contribution in [3.63, 3.8) is 0 Å². The summed E-state index contributed by atoms with van der Waals surface area (Å²) in [7, 11) is 0. The maximum absolute atomic E-state index is 12.3. The van der Waals surface area contributed by atoms with Crippen molar-refractivity contribution in [3.05, 3.63) is 51.9 Å². The van der Waals surface area contributed by atoms with Crippen LogP contribution in [-0.4, -0.2) is 27.9 Å². The Kier molecular flexibility index (Phi) is 7.39. The molecule has 1 aliphatic rings. The number of ketones is 1. The zero-order chi connectivity index (χ0) is 22.4. The van der Waals surface area contributed by atoms with E-state index in [9.17, 15) is 19.2 Å².